The quantitative estimate of drug-likeness (QED) is 0.846. The van der Waals surface area contributed by atoms with E-state index < -0.39 is 0 Å². The van der Waals surface area contributed by atoms with Gasteiger partial charge in [0, 0.05) is 44.5 Å². The molecule has 2 saturated heterocycles. The van der Waals surface area contributed by atoms with Gasteiger partial charge in [-0.15, -0.1) is 0 Å². The molecule has 2 fully saturated rings. The summed E-state index contributed by atoms with van der Waals surface area (Å²) in [5, 5.41) is 0. The minimum atomic E-state index is -0.384. The SMILES string of the molecule is COCc1cc(N2CCC3(CC2)OCC(C)O3)nc(C(C)(C)C)n1. The van der Waals surface area contributed by atoms with Gasteiger partial charge in [-0.25, -0.2) is 9.97 Å². The molecule has 0 radical (unpaired) electrons. The smallest absolute Gasteiger partial charge is 0.172 e. The summed E-state index contributed by atoms with van der Waals surface area (Å²) in [6.07, 6.45) is 1.92. The third-order valence-electron chi connectivity index (χ3n) is 4.58. The van der Waals surface area contributed by atoms with E-state index in [0.717, 1.165) is 43.3 Å². The summed E-state index contributed by atoms with van der Waals surface area (Å²) >= 11 is 0. The molecule has 1 spiro atoms. The van der Waals surface area contributed by atoms with Gasteiger partial charge >= 0.3 is 0 Å². The lowest BCUT2D eigenvalue weighted by molar-refractivity contribution is -0.178. The van der Waals surface area contributed by atoms with Crippen LogP contribution < -0.4 is 4.90 Å². The van der Waals surface area contributed by atoms with E-state index in [1.165, 1.54) is 0 Å². The highest BCUT2D eigenvalue weighted by atomic mass is 16.7. The molecule has 0 bridgehead atoms. The van der Waals surface area contributed by atoms with Crippen molar-refractivity contribution in [2.75, 3.05) is 31.7 Å². The van der Waals surface area contributed by atoms with E-state index in [1.54, 1.807) is 7.11 Å². The Labute approximate surface area is 144 Å². The molecule has 1 aromatic rings. The summed E-state index contributed by atoms with van der Waals surface area (Å²) in [7, 11) is 1.69. The van der Waals surface area contributed by atoms with Crippen molar-refractivity contribution in [3.05, 3.63) is 17.6 Å². The maximum atomic E-state index is 6.01. The summed E-state index contributed by atoms with van der Waals surface area (Å²) in [6, 6.07) is 2.04. The van der Waals surface area contributed by atoms with Gasteiger partial charge in [-0.2, -0.15) is 0 Å². The average Bonchev–Trinajstić information content (AvgIpc) is 2.88. The predicted molar refractivity (Wildman–Crippen MR) is 92.1 cm³/mol. The molecule has 0 aliphatic carbocycles. The molecule has 1 unspecified atom stereocenters. The second kappa shape index (κ2) is 6.58. The van der Waals surface area contributed by atoms with Gasteiger partial charge in [0.05, 0.1) is 25.0 Å². The summed E-state index contributed by atoms with van der Waals surface area (Å²) in [6.45, 7) is 11.4. The highest BCUT2D eigenvalue weighted by molar-refractivity contribution is 5.41. The highest BCUT2D eigenvalue weighted by Crippen LogP contribution is 2.35. The molecular weight excluding hydrogens is 306 g/mol. The van der Waals surface area contributed by atoms with Crippen molar-refractivity contribution in [1.82, 2.24) is 9.97 Å². The predicted octanol–water partition coefficient (Wildman–Crippen LogP) is 2.65. The van der Waals surface area contributed by atoms with Gasteiger partial charge in [-0.1, -0.05) is 20.8 Å². The van der Waals surface area contributed by atoms with Crippen LogP contribution in [0.5, 0.6) is 0 Å². The fourth-order valence-corrected chi connectivity index (χ4v) is 3.24. The van der Waals surface area contributed by atoms with E-state index in [2.05, 4.69) is 37.6 Å². The first-order valence-corrected chi connectivity index (χ1v) is 8.75. The first-order valence-electron chi connectivity index (χ1n) is 8.75. The van der Waals surface area contributed by atoms with Crippen LogP contribution in [0, 0.1) is 0 Å². The number of rotatable bonds is 3. The fraction of sp³-hybridized carbons (Fsp3) is 0.778. The molecular formula is C18H29N3O3. The van der Waals surface area contributed by atoms with Crippen molar-refractivity contribution >= 4 is 5.82 Å². The Hall–Kier alpha value is -1.24. The zero-order chi connectivity index (χ0) is 17.4. The lowest BCUT2D eigenvalue weighted by Crippen LogP contribution is -2.46. The van der Waals surface area contributed by atoms with Gasteiger partial charge in [0.1, 0.15) is 11.6 Å². The topological polar surface area (TPSA) is 56.7 Å². The number of aromatic nitrogens is 2. The van der Waals surface area contributed by atoms with E-state index in [0.29, 0.717) is 13.2 Å². The van der Waals surface area contributed by atoms with Crippen LogP contribution in [0.25, 0.3) is 0 Å². The van der Waals surface area contributed by atoms with Gasteiger partial charge in [-0.05, 0) is 6.92 Å². The van der Waals surface area contributed by atoms with Gasteiger partial charge in [0.25, 0.3) is 0 Å². The minimum Gasteiger partial charge on any atom is -0.378 e. The van der Waals surface area contributed by atoms with Crippen molar-refractivity contribution in [2.24, 2.45) is 0 Å². The second-order valence-electron chi connectivity index (χ2n) is 7.86. The summed E-state index contributed by atoms with van der Waals surface area (Å²) in [5.74, 6) is 1.45. The third kappa shape index (κ3) is 3.71. The standard InChI is InChI=1S/C18H29N3O3/c1-13-11-23-18(24-13)6-8-21(9-7-18)15-10-14(12-22-5)19-16(20-15)17(2,3)4/h10,13H,6-9,11-12H2,1-5H3. The average molecular weight is 335 g/mol. The molecule has 1 aromatic heterocycles. The molecule has 0 aromatic carbocycles. The molecule has 3 rings (SSSR count). The van der Waals surface area contributed by atoms with Gasteiger partial charge < -0.3 is 19.1 Å². The molecule has 2 aliphatic rings. The van der Waals surface area contributed by atoms with E-state index in [4.69, 9.17) is 19.2 Å². The number of hydrogen-bond acceptors (Lipinski definition) is 6. The maximum Gasteiger partial charge on any atom is 0.172 e. The molecule has 0 N–H and O–H groups in total. The van der Waals surface area contributed by atoms with E-state index in [1.807, 2.05) is 6.07 Å². The third-order valence-corrected chi connectivity index (χ3v) is 4.58. The summed E-state index contributed by atoms with van der Waals surface area (Å²) in [5.41, 5.74) is 0.831. The Morgan fingerprint density at radius 1 is 1.29 bits per heavy atom. The molecule has 1 atom stereocenters. The maximum absolute atomic E-state index is 6.01. The molecule has 0 amide bonds. The lowest BCUT2D eigenvalue weighted by Gasteiger charge is -2.38. The van der Waals surface area contributed by atoms with Crippen LogP contribution in [0.15, 0.2) is 6.07 Å². The van der Waals surface area contributed by atoms with Crippen molar-refractivity contribution < 1.29 is 14.2 Å². The van der Waals surface area contributed by atoms with Crippen molar-refractivity contribution in [1.29, 1.82) is 0 Å². The Balaban J connectivity index is 1.78. The van der Waals surface area contributed by atoms with Crippen molar-refractivity contribution in [3.8, 4) is 0 Å². The Bertz CT molecular complexity index is 577. The number of nitrogens with zero attached hydrogens (tertiary/aromatic N) is 3. The van der Waals surface area contributed by atoms with E-state index in [9.17, 15) is 0 Å². The van der Waals surface area contributed by atoms with E-state index in [-0.39, 0.29) is 17.3 Å². The van der Waals surface area contributed by atoms with Crippen LogP contribution in [-0.2, 0) is 26.2 Å². The van der Waals surface area contributed by atoms with Crippen LogP contribution in [0.4, 0.5) is 5.82 Å². The van der Waals surface area contributed by atoms with Crippen LogP contribution >= 0.6 is 0 Å². The number of ether oxygens (including phenoxy) is 3. The minimum absolute atomic E-state index is 0.0946. The van der Waals surface area contributed by atoms with Crippen LogP contribution in [0.1, 0.15) is 52.1 Å². The second-order valence-corrected chi connectivity index (χ2v) is 7.86. The van der Waals surface area contributed by atoms with Crippen molar-refractivity contribution in [2.45, 2.75) is 64.4 Å². The monoisotopic (exact) mass is 335 g/mol. The number of methoxy groups -OCH3 is 1. The van der Waals surface area contributed by atoms with Gasteiger partial charge in [0.2, 0.25) is 0 Å². The molecule has 6 heteroatoms. The molecule has 24 heavy (non-hydrogen) atoms. The highest BCUT2D eigenvalue weighted by Gasteiger charge is 2.42. The Morgan fingerprint density at radius 3 is 2.54 bits per heavy atom. The Morgan fingerprint density at radius 2 is 2.00 bits per heavy atom. The number of piperidine rings is 1. The summed E-state index contributed by atoms with van der Waals surface area (Å²) in [4.78, 5) is 11.8. The zero-order valence-electron chi connectivity index (χ0n) is 15.5. The number of anilines is 1. The molecule has 6 nitrogen and oxygen atoms in total. The zero-order valence-corrected chi connectivity index (χ0v) is 15.5. The van der Waals surface area contributed by atoms with Crippen molar-refractivity contribution in [3.63, 3.8) is 0 Å². The van der Waals surface area contributed by atoms with Crippen LogP contribution in [0.2, 0.25) is 0 Å². The molecule has 134 valence electrons. The van der Waals surface area contributed by atoms with Crippen LogP contribution in [-0.4, -0.2) is 48.7 Å². The molecule has 3 heterocycles. The molecule has 0 saturated carbocycles. The van der Waals surface area contributed by atoms with Gasteiger partial charge in [-0.3, -0.25) is 0 Å². The largest absolute Gasteiger partial charge is 0.378 e. The lowest BCUT2D eigenvalue weighted by atomic mass is 9.95. The Kier molecular flexibility index (Phi) is 4.82. The summed E-state index contributed by atoms with van der Waals surface area (Å²) < 4.78 is 17.2. The number of hydrogen-bond donors (Lipinski definition) is 0. The fourth-order valence-electron chi connectivity index (χ4n) is 3.24. The molecule has 2 aliphatic heterocycles. The van der Waals surface area contributed by atoms with E-state index >= 15 is 0 Å². The first-order chi connectivity index (χ1) is 11.3. The van der Waals surface area contributed by atoms with Gasteiger partial charge in [0.15, 0.2) is 5.79 Å². The normalized spacial score (nSPS) is 23.9. The first kappa shape index (κ1) is 17.6. The van der Waals surface area contributed by atoms with Crippen LogP contribution in [0.3, 0.4) is 0 Å².